The summed E-state index contributed by atoms with van der Waals surface area (Å²) in [4.78, 5) is 13.7. The minimum Gasteiger partial charge on any atom is -0.492 e. The number of nitrogens with zero attached hydrogens (tertiary/aromatic N) is 1. The van der Waals surface area contributed by atoms with Crippen molar-refractivity contribution in [3.05, 3.63) is 54.0 Å². The van der Waals surface area contributed by atoms with Gasteiger partial charge in [0.05, 0.1) is 11.9 Å². The highest BCUT2D eigenvalue weighted by Crippen LogP contribution is 2.22. The van der Waals surface area contributed by atoms with Crippen LogP contribution in [-0.2, 0) is 0 Å². The number of rotatable bonds is 6. The molecule has 0 bridgehead atoms. The molecule has 1 heterocycles. The van der Waals surface area contributed by atoms with Gasteiger partial charge in [0.25, 0.3) is 5.91 Å². The second-order valence-corrected chi connectivity index (χ2v) is 5.36. The molecule has 0 fully saturated rings. The molecule has 5 heteroatoms. The van der Waals surface area contributed by atoms with Crippen molar-refractivity contribution < 1.29 is 13.9 Å². The van der Waals surface area contributed by atoms with E-state index in [-0.39, 0.29) is 11.3 Å². The molecule has 4 nitrogen and oxygen atoms in total. The van der Waals surface area contributed by atoms with E-state index in [1.54, 1.807) is 31.0 Å². The molecule has 2 aromatic rings. The number of para-hydroxylation sites is 1. The standard InChI is InChI=1S/C16H18ClNO3/c1-12(17)14-8-9-15(21-14)16(19)18(2)10-11-20-13-6-4-3-5-7-13/h3-9,12H,10-11H2,1-2H3. The van der Waals surface area contributed by atoms with Gasteiger partial charge in [-0.1, -0.05) is 18.2 Å². The van der Waals surface area contributed by atoms with Crippen LogP contribution in [0.2, 0.25) is 0 Å². The topological polar surface area (TPSA) is 42.7 Å². The van der Waals surface area contributed by atoms with Crippen LogP contribution in [0, 0.1) is 0 Å². The van der Waals surface area contributed by atoms with Gasteiger partial charge in [-0.25, -0.2) is 0 Å². The van der Waals surface area contributed by atoms with E-state index in [1.165, 1.54) is 0 Å². The van der Waals surface area contributed by atoms with E-state index >= 15 is 0 Å². The molecule has 1 unspecified atom stereocenters. The van der Waals surface area contributed by atoms with Gasteiger partial charge in [0.2, 0.25) is 0 Å². The van der Waals surface area contributed by atoms with Gasteiger partial charge in [-0.15, -0.1) is 11.6 Å². The van der Waals surface area contributed by atoms with Gasteiger partial charge in [0, 0.05) is 7.05 Å². The summed E-state index contributed by atoms with van der Waals surface area (Å²) in [6.45, 7) is 2.69. The molecule has 0 aliphatic rings. The summed E-state index contributed by atoms with van der Waals surface area (Å²) in [7, 11) is 1.71. The molecule has 1 atom stereocenters. The molecule has 2 rings (SSSR count). The fraction of sp³-hybridized carbons (Fsp3) is 0.312. The fourth-order valence-electron chi connectivity index (χ4n) is 1.79. The Labute approximate surface area is 129 Å². The number of ether oxygens (including phenoxy) is 1. The lowest BCUT2D eigenvalue weighted by molar-refractivity contribution is 0.0740. The zero-order valence-electron chi connectivity index (χ0n) is 12.1. The second-order valence-electron chi connectivity index (χ2n) is 4.71. The van der Waals surface area contributed by atoms with Crippen molar-refractivity contribution in [1.82, 2.24) is 4.90 Å². The van der Waals surface area contributed by atoms with Gasteiger partial charge in [-0.05, 0) is 31.2 Å². The first-order valence-electron chi connectivity index (χ1n) is 6.75. The molecular formula is C16H18ClNO3. The normalized spacial score (nSPS) is 12.0. The zero-order valence-corrected chi connectivity index (χ0v) is 12.8. The van der Waals surface area contributed by atoms with Gasteiger partial charge in [0.15, 0.2) is 5.76 Å². The average Bonchev–Trinajstić information content (AvgIpc) is 2.97. The summed E-state index contributed by atoms with van der Waals surface area (Å²) in [5.74, 6) is 1.48. The number of alkyl halides is 1. The van der Waals surface area contributed by atoms with Crippen LogP contribution in [0.3, 0.4) is 0 Å². The Morgan fingerprint density at radius 3 is 2.62 bits per heavy atom. The molecule has 1 amide bonds. The van der Waals surface area contributed by atoms with Crippen molar-refractivity contribution in [2.45, 2.75) is 12.3 Å². The Kier molecular flexibility index (Phi) is 5.28. The summed E-state index contributed by atoms with van der Waals surface area (Å²) in [5, 5.41) is -0.252. The summed E-state index contributed by atoms with van der Waals surface area (Å²) in [6.07, 6.45) is 0. The van der Waals surface area contributed by atoms with E-state index in [2.05, 4.69) is 0 Å². The summed E-state index contributed by atoms with van der Waals surface area (Å²) >= 11 is 5.91. The molecule has 0 radical (unpaired) electrons. The fourth-order valence-corrected chi connectivity index (χ4v) is 1.91. The predicted molar refractivity (Wildman–Crippen MR) is 81.9 cm³/mol. The van der Waals surface area contributed by atoms with Crippen LogP contribution < -0.4 is 4.74 Å². The Hall–Kier alpha value is -1.94. The third-order valence-corrected chi connectivity index (χ3v) is 3.23. The molecule has 1 aromatic heterocycles. The highest BCUT2D eigenvalue weighted by Gasteiger charge is 2.17. The Bertz CT molecular complexity index is 580. The number of furan rings is 1. The molecule has 0 spiro atoms. The maximum Gasteiger partial charge on any atom is 0.289 e. The van der Waals surface area contributed by atoms with Gasteiger partial charge >= 0.3 is 0 Å². The largest absolute Gasteiger partial charge is 0.492 e. The first kappa shape index (κ1) is 15.4. The first-order valence-corrected chi connectivity index (χ1v) is 7.18. The molecule has 21 heavy (non-hydrogen) atoms. The number of likely N-dealkylation sites (N-methyl/N-ethyl adjacent to an activating group) is 1. The third kappa shape index (κ3) is 4.26. The number of amides is 1. The van der Waals surface area contributed by atoms with E-state index in [4.69, 9.17) is 20.8 Å². The summed E-state index contributed by atoms with van der Waals surface area (Å²) in [6, 6.07) is 12.9. The Balaban J connectivity index is 1.84. The first-order chi connectivity index (χ1) is 10.1. The molecule has 1 aromatic carbocycles. The van der Waals surface area contributed by atoms with Gasteiger partial charge < -0.3 is 14.1 Å². The molecule has 0 saturated heterocycles. The van der Waals surface area contributed by atoms with E-state index in [1.807, 2.05) is 30.3 Å². The van der Waals surface area contributed by atoms with Crippen molar-refractivity contribution in [1.29, 1.82) is 0 Å². The van der Waals surface area contributed by atoms with E-state index in [0.29, 0.717) is 24.7 Å². The number of carbonyl (C=O) groups is 1. The monoisotopic (exact) mass is 307 g/mol. The maximum atomic E-state index is 12.2. The lowest BCUT2D eigenvalue weighted by Crippen LogP contribution is -2.30. The summed E-state index contributed by atoms with van der Waals surface area (Å²) in [5.41, 5.74) is 0. The van der Waals surface area contributed by atoms with Crippen molar-refractivity contribution in [2.75, 3.05) is 20.2 Å². The van der Waals surface area contributed by atoms with Gasteiger partial charge in [-0.2, -0.15) is 0 Å². The molecule has 0 aliphatic carbocycles. The molecule has 112 valence electrons. The highest BCUT2D eigenvalue weighted by atomic mass is 35.5. The minimum atomic E-state index is -0.252. The van der Waals surface area contributed by atoms with Crippen LogP contribution in [-0.4, -0.2) is 31.0 Å². The van der Waals surface area contributed by atoms with Crippen molar-refractivity contribution in [3.8, 4) is 5.75 Å². The SMILES string of the molecule is CC(Cl)c1ccc(C(=O)N(C)CCOc2ccccc2)o1. The predicted octanol–water partition coefficient (Wildman–Crippen LogP) is 3.73. The lowest BCUT2D eigenvalue weighted by atomic mass is 10.3. The van der Waals surface area contributed by atoms with Crippen LogP contribution in [0.15, 0.2) is 46.9 Å². The molecule has 0 aliphatic heterocycles. The second kappa shape index (κ2) is 7.18. The van der Waals surface area contributed by atoms with E-state index in [0.717, 1.165) is 5.75 Å². The van der Waals surface area contributed by atoms with Gasteiger partial charge in [0.1, 0.15) is 18.1 Å². The maximum absolute atomic E-state index is 12.2. The van der Waals surface area contributed by atoms with Crippen LogP contribution in [0.4, 0.5) is 0 Å². The highest BCUT2D eigenvalue weighted by molar-refractivity contribution is 6.20. The third-order valence-electron chi connectivity index (χ3n) is 3.01. The Morgan fingerprint density at radius 2 is 2.00 bits per heavy atom. The number of carbonyl (C=O) groups excluding carboxylic acids is 1. The number of hydrogen-bond acceptors (Lipinski definition) is 3. The smallest absolute Gasteiger partial charge is 0.289 e. The van der Waals surface area contributed by atoms with Crippen LogP contribution in [0.1, 0.15) is 28.6 Å². The Morgan fingerprint density at radius 1 is 1.29 bits per heavy atom. The number of benzene rings is 1. The summed E-state index contributed by atoms with van der Waals surface area (Å²) < 4.78 is 11.0. The van der Waals surface area contributed by atoms with E-state index < -0.39 is 0 Å². The number of hydrogen-bond donors (Lipinski definition) is 0. The van der Waals surface area contributed by atoms with Crippen molar-refractivity contribution in [2.24, 2.45) is 0 Å². The van der Waals surface area contributed by atoms with Gasteiger partial charge in [-0.3, -0.25) is 4.79 Å². The average molecular weight is 308 g/mol. The molecule has 0 saturated carbocycles. The number of halogens is 1. The zero-order chi connectivity index (χ0) is 15.2. The lowest BCUT2D eigenvalue weighted by Gasteiger charge is -2.16. The van der Waals surface area contributed by atoms with Crippen LogP contribution in [0.25, 0.3) is 0 Å². The van der Waals surface area contributed by atoms with Crippen LogP contribution >= 0.6 is 11.6 Å². The molecular weight excluding hydrogens is 290 g/mol. The van der Waals surface area contributed by atoms with Crippen molar-refractivity contribution >= 4 is 17.5 Å². The van der Waals surface area contributed by atoms with Crippen LogP contribution in [0.5, 0.6) is 5.75 Å². The van der Waals surface area contributed by atoms with E-state index in [9.17, 15) is 4.79 Å². The van der Waals surface area contributed by atoms with Crippen molar-refractivity contribution in [3.63, 3.8) is 0 Å². The molecule has 0 N–H and O–H groups in total. The quantitative estimate of drug-likeness (QED) is 0.764. The minimum absolute atomic E-state index is 0.185.